The summed E-state index contributed by atoms with van der Waals surface area (Å²) in [6.45, 7) is 4.36. The van der Waals surface area contributed by atoms with E-state index in [1.165, 1.54) is 27.7 Å². The first-order valence-electron chi connectivity index (χ1n) is 12.9. The summed E-state index contributed by atoms with van der Waals surface area (Å²) in [6, 6.07) is 0. The maximum atomic E-state index is 12.3. The molecule has 0 saturated carbocycles. The molecule has 0 radical (unpaired) electrons. The van der Waals surface area contributed by atoms with Gasteiger partial charge in [0.1, 0.15) is 37.1 Å². The van der Waals surface area contributed by atoms with Crippen molar-refractivity contribution in [3.63, 3.8) is 0 Å². The summed E-state index contributed by atoms with van der Waals surface area (Å²) in [5, 5.41) is 59.3. The second-order valence-corrected chi connectivity index (χ2v) is 8.75. The van der Waals surface area contributed by atoms with Gasteiger partial charge in [0.25, 0.3) is 0 Å². The molecule has 0 aromatic heterocycles. The molecule has 16 nitrogen and oxygen atoms in total. The molecule has 0 amide bonds. The highest BCUT2D eigenvalue weighted by molar-refractivity contribution is 5.71. The van der Waals surface area contributed by atoms with Crippen molar-refractivity contribution < 1.29 is 78.2 Å². The van der Waals surface area contributed by atoms with Gasteiger partial charge in [-0.1, -0.05) is 27.7 Å². The molecule has 0 aliphatic carbocycles. The molecule has 16 heteroatoms. The van der Waals surface area contributed by atoms with Gasteiger partial charge >= 0.3 is 23.9 Å². The van der Waals surface area contributed by atoms with Crippen molar-refractivity contribution in [2.75, 3.05) is 13.2 Å². The number of carbonyl (C=O) groups is 4. The lowest BCUT2D eigenvalue weighted by atomic mass is 9.97. The van der Waals surface area contributed by atoms with E-state index in [9.17, 15) is 44.7 Å². The lowest BCUT2D eigenvalue weighted by Gasteiger charge is -2.45. The van der Waals surface area contributed by atoms with Crippen LogP contribution in [-0.2, 0) is 47.6 Å². The molecule has 232 valence electrons. The van der Waals surface area contributed by atoms with Crippen LogP contribution in [0, 0.1) is 0 Å². The predicted octanol–water partition coefficient (Wildman–Crippen LogP) is -2.60. The van der Waals surface area contributed by atoms with Crippen LogP contribution >= 0.6 is 0 Å². The molecule has 1 heterocycles. The van der Waals surface area contributed by atoms with E-state index in [0.717, 1.165) is 0 Å². The minimum absolute atomic E-state index is 0.0259. The largest absolute Gasteiger partial charge is 0.463 e. The molecule has 0 spiro atoms. The normalized spacial score (nSPS) is 26.5. The number of aliphatic hydroxyl groups is 6. The van der Waals surface area contributed by atoms with Crippen molar-refractivity contribution in [1.82, 2.24) is 0 Å². The topological polar surface area (TPSA) is 245 Å². The first-order valence-corrected chi connectivity index (χ1v) is 12.9. The Labute approximate surface area is 230 Å². The minimum atomic E-state index is -2.39. The van der Waals surface area contributed by atoms with E-state index in [-0.39, 0.29) is 25.7 Å². The third kappa shape index (κ3) is 10.2. The minimum Gasteiger partial charge on any atom is -0.463 e. The van der Waals surface area contributed by atoms with E-state index < -0.39 is 98.5 Å². The zero-order valence-corrected chi connectivity index (χ0v) is 22.8. The molecule has 0 aromatic rings. The van der Waals surface area contributed by atoms with Gasteiger partial charge in [0.05, 0.1) is 6.61 Å². The fraction of sp³-hybridized carbons (Fsp3) is 0.833. The number of esters is 4. The maximum Gasteiger partial charge on any atom is 0.306 e. The molecule has 6 N–H and O–H groups in total. The lowest BCUT2D eigenvalue weighted by molar-refractivity contribution is -0.349. The Bertz CT molecular complexity index is 821. The van der Waals surface area contributed by atoms with Crippen LogP contribution in [0.4, 0.5) is 0 Å². The van der Waals surface area contributed by atoms with Crippen LogP contribution in [0.3, 0.4) is 0 Å². The molecule has 1 fully saturated rings. The first kappa shape index (κ1) is 35.6. The SMILES string of the molecule is CCC(=O)OC[C@H]1O[C@@H](OC(O)[C@@H](O)[C@@H](O)[C@H](O)[C@H](O)CO)[C@@H](OC(=O)CC)[C@@H](OC(=O)CC)[C@@H]1OC(=O)CC. The molecule has 1 saturated heterocycles. The number of carbonyl (C=O) groups excluding carboxylic acids is 4. The summed E-state index contributed by atoms with van der Waals surface area (Å²) in [4.78, 5) is 48.7. The van der Waals surface area contributed by atoms with Crippen molar-refractivity contribution in [3.8, 4) is 0 Å². The highest BCUT2D eigenvalue weighted by Crippen LogP contribution is 2.31. The van der Waals surface area contributed by atoms with E-state index in [1.54, 1.807) is 0 Å². The summed E-state index contributed by atoms with van der Waals surface area (Å²) in [7, 11) is 0. The number of hydrogen-bond acceptors (Lipinski definition) is 16. The zero-order valence-electron chi connectivity index (χ0n) is 22.8. The van der Waals surface area contributed by atoms with Crippen molar-refractivity contribution in [2.45, 2.75) is 115 Å². The van der Waals surface area contributed by atoms with Gasteiger partial charge in [-0.15, -0.1) is 0 Å². The Balaban J connectivity index is 3.47. The number of rotatable bonds is 16. The molecular weight excluding hydrogens is 544 g/mol. The van der Waals surface area contributed by atoms with Crippen molar-refractivity contribution in [2.24, 2.45) is 0 Å². The molecule has 40 heavy (non-hydrogen) atoms. The summed E-state index contributed by atoms with van der Waals surface area (Å²) in [6.07, 6.45) is -19.5. The standard InChI is InChI=1S/C24H40O16/c1-5-13(27)35-10-12-20(37-14(28)6-2)21(38-15(29)7-3)22(39-16(30)8-4)24(36-12)40-23(34)19(33)18(32)17(31)11(26)9-25/h11-12,17-26,31-34H,5-10H2,1-4H3/t11-,12-,17-,18+,19+,20-,21+,22+,23?,24+/m1/s1. The van der Waals surface area contributed by atoms with Gasteiger partial charge in [-0.05, 0) is 0 Å². The van der Waals surface area contributed by atoms with Gasteiger partial charge in [0, 0.05) is 25.7 Å². The van der Waals surface area contributed by atoms with Crippen molar-refractivity contribution >= 4 is 23.9 Å². The molecular formula is C24H40O16. The van der Waals surface area contributed by atoms with Gasteiger partial charge in [0.2, 0.25) is 6.29 Å². The van der Waals surface area contributed by atoms with Gasteiger partial charge < -0.3 is 59.1 Å². The summed E-state index contributed by atoms with van der Waals surface area (Å²) in [5.41, 5.74) is 0. The molecule has 10 atom stereocenters. The summed E-state index contributed by atoms with van der Waals surface area (Å²) in [5.74, 6) is -3.11. The fourth-order valence-electron chi connectivity index (χ4n) is 3.43. The Hall–Kier alpha value is -2.44. The Kier molecular flexibility index (Phi) is 15.5. The van der Waals surface area contributed by atoms with Crippen LogP contribution < -0.4 is 0 Å². The Morgan fingerprint density at radius 3 is 1.62 bits per heavy atom. The highest BCUT2D eigenvalue weighted by atomic mass is 16.8. The van der Waals surface area contributed by atoms with E-state index in [0.29, 0.717) is 0 Å². The van der Waals surface area contributed by atoms with E-state index in [2.05, 4.69) is 0 Å². The smallest absolute Gasteiger partial charge is 0.306 e. The molecule has 1 rings (SSSR count). The van der Waals surface area contributed by atoms with Crippen LogP contribution in [0.1, 0.15) is 53.4 Å². The molecule has 0 bridgehead atoms. The number of aliphatic hydroxyl groups excluding tert-OH is 6. The van der Waals surface area contributed by atoms with Gasteiger partial charge in [-0.2, -0.15) is 0 Å². The maximum absolute atomic E-state index is 12.3. The predicted molar refractivity (Wildman–Crippen MR) is 129 cm³/mol. The Morgan fingerprint density at radius 2 is 1.15 bits per heavy atom. The average Bonchev–Trinajstić information content (AvgIpc) is 2.96. The molecule has 1 unspecified atom stereocenters. The van der Waals surface area contributed by atoms with Crippen LogP contribution in [0.15, 0.2) is 0 Å². The lowest BCUT2D eigenvalue weighted by Crippen LogP contribution is -2.64. The molecule has 0 aromatic carbocycles. The van der Waals surface area contributed by atoms with Gasteiger partial charge in [-0.25, -0.2) is 0 Å². The van der Waals surface area contributed by atoms with Crippen molar-refractivity contribution in [3.05, 3.63) is 0 Å². The Morgan fingerprint density at radius 1 is 0.675 bits per heavy atom. The van der Waals surface area contributed by atoms with Crippen LogP contribution in [0.5, 0.6) is 0 Å². The van der Waals surface area contributed by atoms with E-state index in [1.807, 2.05) is 0 Å². The summed E-state index contributed by atoms with van der Waals surface area (Å²) >= 11 is 0. The average molecular weight is 585 g/mol. The van der Waals surface area contributed by atoms with Crippen LogP contribution in [-0.4, -0.2) is 129 Å². The highest BCUT2D eigenvalue weighted by Gasteiger charge is 2.54. The van der Waals surface area contributed by atoms with Gasteiger partial charge in [-0.3, -0.25) is 19.2 Å². The van der Waals surface area contributed by atoms with Crippen LogP contribution in [0.2, 0.25) is 0 Å². The van der Waals surface area contributed by atoms with Crippen molar-refractivity contribution in [1.29, 1.82) is 0 Å². The van der Waals surface area contributed by atoms with Gasteiger partial charge in [0.15, 0.2) is 24.6 Å². The second-order valence-electron chi connectivity index (χ2n) is 8.75. The first-order chi connectivity index (χ1) is 18.8. The molecule has 1 aliphatic heterocycles. The molecule has 1 aliphatic rings. The second kappa shape index (κ2) is 17.4. The zero-order chi connectivity index (χ0) is 30.6. The number of hydrogen-bond donors (Lipinski definition) is 6. The third-order valence-corrected chi connectivity index (χ3v) is 5.80. The monoisotopic (exact) mass is 584 g/mol. The fourth-order valence-corrected chi connectivity index (χ4v) is 3.43. The number of ether oxygens (including phenoxy) is 6. The third-order valence-electron chi connectivity index (χ3n) is 5.80. The van der Waals surface area contributed by atoms with E-state index in [4.69, 9.17) is 33.5 Å². The van der Waals surface area contributed by atoms with E-state index >= 15 is 0 Å². The quantitative estimate of drug-likeness (QED) is 0.0618. The summed E-state index contributed by atoms with van der Waals surface area (Å²) < 4.78 is 32.3. The van der Waals surface area contributed by atoms with Crippen LogP contribution in [0.25, 0.3) is 0 Å².